The van der Waals surface area contributed by atoms with E-state index >= 15 is 0 Å². The summed E-state index contributed by atoms with van der Waals surface area (Å²) in [6.45, 7) is 1.94. The molecule has 6 nitrogen and oxygen atoms in total. The van der Waals surface area contributed by atoms with E-state index in [1.165, 1.54) is 76.7 Å². The van der Waals surface area contributed by atoms with E-state index in [2.05, 4.69) is 12.2 Å². The van der Waals surface area contributed by atoms with Crippen molar-refractivity contribution in [1.29, 1.82) is 0 Å². The highest BCUT2D eigenvalue weighted by Gasteiger charge is 2.59. The minimum atomic E-state index is -1.66. The zero-order valence-corrected chi connectivity index (χ0v) is 20.0. The molecule has 1 aliphatic heterocycles. The van der Waals surface area contributed by atoms with Gasteiger partial charge >= 0.3 is 0 Å². The molecule has 6 heteroatoms. The Bertz CT molecular complexity index is 593. The van der Waals surface area contributed by atoms with E-state index in [4.69, 9.17) is 4.74 Å². The number of ether oxygens (including phenoxy) is 1. The van der Waals surface area contributed by atoms with Crippen molar-refractivity contribution in [3.8, 4) is 0 Å². The second-order valence-electron chi connectivity index (χ2n) is 9.67. The third kappa shape index (κ3) is 9.32. The van der Waals surface area contributed by atoms with Gasteiger partial charge in [0.2, 0.25) is 5.91 Å². The zero-order valence-electron chi connectivity index (χ0n) is 20.0. The average molecular weight is 452 g/mol. The predicted octanol–water partition coefficient (Wildman–Crippen LogP) is 4.36. The number of carbonyl (C=O) groups is 2. The predicted molar refractivity (Wildman–Crippen MR) is 126 cm³/mol. The maximum atomic E-state index is 12.2. The van der Waals surface area contributed by atoms with Crippen molar-refractivity contribution >= 4 is 11.7 Å². The van der Waals surface area contributed by atoms with Crippen LogP contribution in [0.4, 0.5) is 0 Å². The summed E-state index contributed by atoms with van der Waals surface area (Å²) in [7, 11) is 0. The normalized spacial score (nSPS) is 24.9. The van der Waals surface area contributed by atoms with Gasteiger partial charge in [-0.15, -0.1) is 0 Å². The lowest BCUT2D eigenvalue weighted by Crippen LogP contribution is -2.52. The molecule has 2 aliphatic rings. The van der Waals surface area contributed by atoms with Gasteiger partial charge in [0.05, 0.1) is 12.6 Å². The number of aliphatic hydroxyl groups is 2. The molecule has 1 heterocycles. The molecule has 0 radical (unpaired) electrons. The van der Waals surface area contributed by atoms with Crippen LogP contribution in [0.3, 0.4) is 0 Å². The van der Waals surface area contributed by atoms with E-state index < -0.39 is 23.5 Å². The Labute approximate surface area is 194 Å². The lowest BCUT2D eigenvalue weighted by atomic mass is 9.82. The molecule has 0 unspecified atom stereocenters. The van der Waals surface area contributed by atoms with Gasteiger partial charge < -0.3 is 20.3 Å². The molecule has 0 aromatic heterocycles. The minimum absolute atomic E-state index is 0.0294. The fraction of sp³-hybridized carbons (Fsp3) is 0.846. The first-order chi connectivity index (χ1) is 15.5. The van der Waals surface area contributed by atoms with Crippen molar-refractivity contribution in [3.05, 3.63) is 12.2 Å². The highest BCUT2D eigenvalue weighted by Crippen LogP contribution is 2.40. The van der Waals surface area contributed by atoms with Crippen molar-refractivity contribution in [3.63, 3.8) is 0 Å². The number of hydrogen-bond donors (Lipinski definition) is 3. The summed E-state index contributed by atoms with van der Waals surface area (Å²) >= 11 is 0. The quantitative estimate of drug-likeness (QED) is 0.200. The lowest BCUT2D eigenvalue weighted by molar-refractivity contribution is -0.137. The van der Waals surface area contributed by atoms with Crippen molar-refractivity contribution in [2.24, 2.45) is 0 Å². The first kappa shape index (κ1) is 27.0. The molecule has 4 atom stereocenters. The molecule has 0 saturated carbocycles. The molecule has 184 valence electrons. The van der Waals surface area contributed by atoms with Gasteiger partial charge in [0.25, 0.3) is 0 Å². The summed E-state index contributed by atoms with van der Waals surface area (Å²) < 4.78 is 5.32. The van der Waals surface area contributed by atoms with Gasteiger partial charge in [0, 0.05) is 12.8 Å². The highest BCUT2D eigenvalue weighted by atomic mass is 16.6. The third-order valence-electron chi connectivity index (χ3n) is 6.76. The molecule has 1 amide bonds. The summed E-state index contributed by atoms with van der Waals surface area (Å²) in [5.74, 6) is -0.561. The Hall–Kier alpha value is -1.24. The Morgan fingerprint density at radius 2 is 1.53 bits per heavy atom. The maximum Gasteiger partial charge on any atom is 0.220 e. The molecule has 2 rings (SSSR count). The molecule has 0 aromatic rings. The molecule has 1 aliphatic carbocycles. The Morgan fingerprint density at radius 3 is 2.06 bits per heavy atom. The van der Waals surface area contributed by atoms with Gasteiger partial charge in [-0.25, -0.2) is 0 Å². The Balaban J connectivity index is 1.45. The summed E-state index contributed by atoms with van der Waals surface area (Å²) in [5, 5.41) is 23.1. The SMILES string of the molecule is CCCCCCCCCCCCCCCCC(=O)N[C@H](CO)C[C@@]1(O)C(=O)C=C[C@@H]2O[C@@H]21. The van der Waals surface area contributed by atoms with Crippen LogP contribution < -0.4 is 5.32 Å². The number of aliphatic hydroxyl groups excluding tert-OH is 1. The average Bonchev–Trinajstić information content (AvgIpc) is 3.57. The first-order valence-electron chi connectivity index (χ1n) is 13.0. The number of carbonyl (C=O) groups excluding carboxylic acids is 2. The molecule has 1 saturated heterocycles. The maximum absolute atomic E-state index is 12.2. The molecule has 1 fully saturated rings. The fourth-order valence-corrected chi connectivity index (χ4v) is 4.65. The van der Waals surface area contributed by atoms with Crippen LogP contribution in [0.25, 0.3) is 0 Å². The summed E-state index contributed by atoms with van der Waals surface area (Å²) in [5.41, 5.74) is -1.66. The summed E-state index contributed by atoms with van der Waals surface area (Å²) in [6.07, 6.45) is 20.3. The number of amides is 1. The number of fused-ring (bicyclic) bond motifs is 1. The van der Waals surface area contributed by atoms with E-state index in [9.17, 15) is 19.8 Å². The van der Waals surface area contributed by atoms with Crippen LogP contribution in [-0.2, 0) is 14.3 Å². The van der Waals surface area contributed by atoms with Crippen molar-refractivity contribution in [2.45, 2.75) is 134 Å². The third-order valence-corrected chi connectivity index (χ3v) is 6.76. The minimum Gasteiger partial charge on any atom is -0.394 e. The number of unbranched alkanes of at least 4 members (excludes halogenated alkanes) is 13. The highest BCUT2D eigenvalue weighted by molar-refractivity contribution is 5.99. The van der Waals surface area contributed by atoms with Crippen LogP contribution in [0.5, 0.6) is 0 Å². The molecular formula is C26H45NO5. The largest absolute Gasteiger partial charge is 0.394 e. The number of ketones is 1. The summed E-state index contributed by atoms with van der Waals surface area (Å²) in [4.78, 5) is 24.3. The van der Waals surface area contributed by atoms with E-state index in [0.29, 0.717) is 6.42 Å². The number of rotatable bonds is 19. The van der Waals surface area contributed by atoms with E-state index in [0.717, 1.165) is 19.3 Å². The molecular weight excluding hydrogens is 406 g/mol. The van der Waals surface area contributed by atoms with Crippen LogP contribution >= 0.6 is 0 Å². The number of nitrogens with one attached hydrogen (secondary N) is 1. The molecule has 0 spiro atoms. The first-order valence-corrected chi connectivity index (χ1v) is 13.0. The summed E-state index contributed by atoms with van der Waals surface area (Å²) in [6, 6.07) is -0.653. The molecule has 32 heavy (non-hydrogen) atoms. The smallest absolute Gasteiger partial charge is 0.220 e. The standard InChI is InChI=1S/C26H45NO5/c1-2-3-4-5-6-7-8-9-10-11-12-13-14-15-16-24(30)27-21(20-28)19-26(31)23(29)18-17-22-25(26)32-22/h17-18,21-22,25,28,31H,2-16,19-20H2,1H3,(H,27,30)/t21-,22-,25-,26+/m0/s1. The van der Waals surface area contributed by atoms with Crippen molar-refractivity contribution in [2.75, 3.05) is 6.61 Å². The van der Waals surface area contributed by atoms with E-state index in [1.54, 1.807) is 6.08 Å². The lowest BCUT2D eigenvalue weighted by Gasteiger charge is -2.29. The van der Waals surface area contributed by atoms with Gasteiger partial charge in [-0.2, -0.15) is 0 Å². The van der Waals surface area contributed by atoms with Crippen LogP contribution in [0.1, 0.15) is 110 Å². The molecule has 0 bridgehead atoms. The molecule has 3 N–H and O–H groups in total. The number of hydrogen-bond acceptors (Lipinski definition) is 5. The van der Waals surface area contributed by atoms with E-state index in [1.807, 2.05) is 0 Å². The monoisotopic (exact) mass is 451 g/mol. The van der Waals surface area contributed by atoms with Crippen LogP contribution in [0, 0.1) is 0 Å². The zero-order chi connectivity index (χ0) is 23.2. The topological polar surface area (TPSA) is 99.2 Å². The fourth-order valence-electron chi connectivity index (χ4n) is 4.65. The molecule has 0 aromatic carbocycles. The van der Waals surface area contributed by atoms with Gasteiger partial charge in [-0.05, 0) is 18.6 Å². The second kappa shape index (κ2) is 14.8. The van der Waals surface area contributed by atoms with E-state index in [-0.39, 0.29) is 25.0 Å². The number of epoxide rings is 1. The van der Waals surface area contributed by atoms with Gasteiger partial charge in [0.15, 0.2) is 11.4 Å². The van der Waals surface area contributed by atoms with Gasteiger partial charge in [-0.3, -0.25) is 9.59 Å². The second-order valence-corrected chi connectivity index (χ2v) is 9.67. The van der Waals surface area contributed by atoms with Crippen molar-refractivity contribution < 1.29 is 24.5 Å². The van der Waals surface area contributed by atoms with Crippen LogP contribution in [0.15, 0.2) is 12.2 Å². The van der Waals surface area contributed by atoms with Gasteiger partial charge in [-0.1, -0.05) is 90.4 Å². The Morgan fingerprint density at radius 1 is 1.00 bits per heavy atom. The van der Waals surface area contributed by atoms with Crippen LogP contribution in [0.2, 0.25) is 0 Å². The Kier molecular flexibility index (Phi) is 12.5. The van der Waals surface area contributed by atoms with Crippen molar-refractivity contribution in [1.82, 2.24) is 5.32 Å². The van der Waals surface area contributed by atoms with Crippen LogP contribution in [-0.4, -0.2) is 52.4 Å². The van der Waals surface area contributed by atoms with Gasteiger partial charge in [0.1, 0.15) is 12.2 Å².